The number of aryl methyl sites for hydroxylation is 1. The number of amides is 1. The fourth-order valence-electron chi connectivity index (χ4n) is 1.65. The number of hydrogen-bond acceptors (Lipinski definition) is 3. The van der Waals surface area contributed by atoms with E-state index in [1.165, 1.54) is 0 Å². The summed E-state index contributed by atoms with van der Waals surface area (Å²) in [6.45, 7) is 1.97. The van der Waals surface area contributed by atoms with E-state index < -0.39 is 5.97 Å². The maximum atomic E-state index is 11.5. The zero-order valence-corrected chi connectivity index (χ0v) is 10.4. The van der Waals surface area contributed by atoms with Crippen molar-refractivity contribution in [2.45, 2.75) is 26.2 Å². The van der Waals surface area contributed by atoms with E-state index in [9.17, 15) is 9.59 Å². The fraction of sp³-hybridized carbons (Fsp3) is 0.429. The number of hydrogen-bond donors (Lipinski definition) is 1. The molecule has 1 aliphatic rings. The van der Waals surface area contributed by atoms with Crippen molar-refractivity contribution in [1.29, 1.82) is 0 Å². The highest BCUT2D eigenvalue weighted by atomic mass is 16.5. The second-order valence-corrected chi connectivity index (χ2v) is 4.47. The number of carbonyl (C=O) groups is 2. The van der Waals surface area contributed by atoms with Gasteiger partial charge in [-0.1, -0.05) is 19.1 Å². The lowest BCUT2D eigenvalue weighted by Gasteiger charge is -2.06. The Morgan fingerprint density at radius 3 is 2.83 bits per heavy atom. The van der Waals surface area contributed by atoms with Gasteiger partial charge in [-0.15, -0.1) is 0 Å². The van der Waals surface area contributed by atoms with Crippen molar-refractivity contribution in [3.05, 3.63) is 29.8 Å². The van der Waals surface area contributed by atoms with E-state index in [1.807, 2.05) is 25.1 Å². The summed E-state index contributed by atoms with van der Waals surface area (Å²) >= 11 is 0. The molecule has 1 fully saturated rings. The van der Waals surface area contributed by atoms with Crippen LogP contribution >= 0.6 is 0 Å². The molecule has 1 aromatic carbocycles. The van der Waals surface area contributed by atoms with Crippen LogP contribution in [0.25, 0.3) is 0 Å². The Morgan fingerprint density at radius 2 is 2.17 bits per heavy atom. The third-order valence-corrected chi connectivity index (χ3v) is 2.89. The standard InChI is InChI=1S/C14H17NO3/c1-2-10-4-3-5-12(8-10)18-13(16)9-15-14(17)11-6-7-11/h3-5,8,11H,2,6-7,9H2,1H3,(H,15,17). The van der Waals surface area contributed by atoms with E-state index in [0.29, 0.717) is 5.75 Å². The van der Waals surface area contributed by atoms with E-state index in [4.69, 9.17) is 4.74 Å². The Kier molecular flexibility index (Phi) is 3.97. The quantitative estimate of drug-likeness (QED) is 0.636. The van der Waals surface area contributed by atoms with Gasteiger partial charge in [-0.05, 0) is 37.0 Å². The van der Waals surface area contributed by atoms with Crippen LogP contribution in [-0.4, -0.2) is 18.4 Å². The van der Waals surface area contributed by atoms with Gasteiger partial charge in [0.25, 0.3) is 0 Å². The van der Waals surface area contributed by atoms with Gasteiger partial charge in [0.2, 0.25) is 5.91 Å². The Labute approximate surface area is 106 Å². The molecule has 0 saturated heterocycles. The molecule has 1 aliphatic carbocycles. The lowest BCUT2D eigenvalue weighted by atomic mass is 10.2. The molecule has 1 amide bonds. The van der Waals surface area contributed by atoms with Gasteiger partial charge in [0.05, 0.1) is 0 Å². The van der Waals surface area contributed by atoms with Gasteiger partial charge < -0.3 is 10.1 Å². The molecule has 4 nitrogen and oxygen atoms in total. The number of ether oxygens (including phenoxy) is 1. The normalized spacial score (nSPS) is 14.1. The average Bonchev–Trinajstić information content (AvgIpc) is 3.20. The third-order valence-electron chi connectivity index (χ3n) is 2.89. The second kappa shape index (κ2) is 5.67. The lowest BCUT2D eigenvalue weighted by Crippen LogP contribution is -2.32. The Hall–Kier alpha value is -1.84. The van der Waals surface area contributed by atoms with Gasteiger partial charge in [-0.2, -0.15) is 0 Å². The van der Waals surface area contributed by atoms with Crippen LogP contribution in [-0.2, 0) is 16.0 Å². The average molecular weight is 247 g/mol. The summed E-state index contributed by atoms with van der Waals surface area (Å²) in [7, 11) is 0. The molecule has 0 aromatic heterocycles. The number of esters is 1. The molecule has 18 heavy (non-hydrogen) atoms. The van der Waals surface area contributed by atoms with Crippen molar-refractivity contribution in [3.8, 4) is 5.75 Å². The molecule has 1 saturated carbocycles. The van der Waals surface area contributed by atoms with Crippen LogP contribution in [0.15, 0.2) is 24.3 Å². The summed E-state index contributed by atoms with van der Waals surface area (Å²) in [6, 6.07) is 7.40. The van der Waals surface area contributed by atoms with Crippen molar-refractivity contribution < 1.29 is 14.3 Å². The fourth-order valence-corrected chi connectivity index (χ4v) is 1.65. The highest BCUT2D eigenvalue weighted by Gasteiger charge is 2.29. The Morgan fingerprint density at radius 1 is 1.39 bits per heavy atom. The van der Waals surface area contributed by atoms with Crippen molar-refractivity contribution in [3.63, 3.8) is 0 Å². The van der Waals surface area contributed by atoms with Crippen LogP contribution in [0.1, 0.15) is 25.3 Å². The zero-order chi connectivity index (χ0) is 13.0. The number of nitrogens with one attached hydrogen (secondary N) is 1. The molecular weight excluding hydrogens is 230 g/mol. The van der Waals surface area contributed by atoms with E-state index in [-0.39, 0.29) is 18.4 Å². The first-order valence-electron chi connectivity index (χ1n) is 6.26. The monoisotopic (exact) mass is 247 g/mol. The molecule has 0 heterocycles. The van der Waals surface area contributed by atoms with Crippen molar-refractivity contribution in [2.24, 2.45) is 5.92 Å². The predicted molar refractivity (Wildman–Crippen MR) is 67.2 cm³/mol. The maximum absolute atomic E-state index is 11.5. The van der Waals surface area contributed by atoms with Gasteiger partial charge in [-0.3, -0.25) is 4.79 Å². The van der Waals surface area contributed by atoms with E-state index in [0.717, 1.165) is 24.8 Å². The van der Waals surface area contributed by atoms with Crippen LogP contribution < -0.4 is 10.1 Å². The first-order chi connectivity index (χ1) is 8.69. The Balaban J connectivity index is 1.80. The van der Waals surface area contributed by atoms with Gasteiger partial charge in [0.15, 0.2) is 0 Å². The lowest BCUT2D eigenvalue weighted by molar-refractivity contribution is -0.135. The van der Waals surface area contributed by atoms with E-state index in [1.54, 1.807) is 6.07 Å². The first kappa shape index (κ1) is 12.6. The number of benzene rings is 1. The molecule has 2 rings (SSSR count). The molecular formula is C14H17NO3. The summed E-state index contributed by atoms with van der Waals surface area (Å²) in [5, 5.41) is 2.58. The molecule has 1 N–H and O–H groups in total. The minimum atomic E-state index is -0.433. The van der Waals surface area contributed by atoms with Crippen molar-refractivity contribution in [1.82, 2.24) is 5.32 Å². The van der Waals surface area contributed by atoms with Gasteiger partial charge >= 0.3 is 5.97 Å². The predicted octanol–water partition coefficient (Wildman–Crippen LogP) is 1.68. The van der Waals surface area contributed by atoms with Crippen LogP contribution in [0.5, 0.6) is 5.75 Å². The Bertz CT molecular complexity index is 452. The third kappa shape index (κ3) is 3.58. The second-order valence-electron chi connectivity index (χ2n) is 4.47. The van der Waals surface area contributed by atoms with Gasteiger partial charge in [0, 0.05) is 5.92 Å². The van der Waals surface area contributed by atoms with E-state index >= 15 is 0 Å². The summed E-state index contributed by atoms with van der Waals surface area (Å²) in [5.41, 5.74) is 1.11. The molecule has 4 heteroatoms. The molecule has 0 bridgehead atoms. The molecule has 0 radical (unpaired) electrons. The SMILES string of the molecule is CCc1cccc(OC(=O)CNC(=O)C2CC2)c1. The highest BCUT2D eigenvalue weighted by Crippen LogP contribution is 2.28. The van der Waals surface area contributed by atoms with Crippen LogP contribution in [0.4, 0.5) is 0 Å². The van der Waals surface area contributed by atoms with E-state index in [2.05, 4.69) is 5.32 Å². The smallest absolute Gasteiger partial charge is 0.330 e. The molecule has 0 atom stereocenters. The molecule has 0 aliphatic heterocycles. The summed E-state index contributed by atoms with van der Waals surface area (Å²) < 4.78 is 5.15. The molecule has 1 aromatic rings. The summed E-state index contributed by atoms with van der Waals surface area (Å²) in [5.74, 6) is 0.160. The first-order valence-corrected chi connectivity index (χ1v) is 6.26. The maximum Gasteiger partial charge on any atom is 0.330 e. The van der Waals surface area contributed by atoms with Crippen LogP contribution in [0, 0.1) is 5.92 Å². The largest absolute Gasteiger partial charge is 0.425 e. The number of rotatable bonds is 5. The molecule has 0 unspecified atom stereocenters. The molecule has 0 spiro atoms. The van der Waals surface area contributed by atoms with Crippen LogP contribution in [0.3, 0.4) is 0 Å². The van der Waals surface area contributed by atoms with Crippen LogP contribution in [0.2, 0.25) is 0 Å². The summed E-state index contributed by atoms with van der Waals surface area (Å²) in [6.07, 6.45) is 2.75. The topological polar surface area (TPSA) is 55.4 Å². The number of carbonyl (C=O) groups excluding carboxylic acids is 2. The van der Waals surface area contributed by atoms with Gasteiger partial charge in [0.1, 0.15) is 12.3 Å². The minimum Gasteiger partial charge on any atom is -0.425 e. The molecule has 96 valence electrons. The summed E-state index contributed by atoms with van der Waals surface area (Å²) in [4.78, 5) is 22.9. The zero-order valence-electron chi connectivity index (χ0n) is 10.4. The van der Waals surface area contributed by atoms with Gasteiger partial charge in [-0.25, -0.2) is 4.79 Å². The van der Waals surface area contributed by atoms with Crippen molar-refractivity contribution in [2.75, 3.05) is 6.54 Å². The highest BCUT2D eigenvalue weighted by molar-refractivity contribution is 5.85. The minimum absolute atomic E-state index is 0.0470. The van der Waals surface area contributed by atoms with Crippen molar-refractivity contribution >= 4 is 11.9 Å².